The topological polar surface area (TPSA) is 73.0 Å². The number of piperidine rings is 1. The smallest absolute Gasteiger partial charge is 0.254 e. The van der Waals surface area contributed by atoms with Crippen LogP contribution in [0.15, 0.2) is 78.9 Å². The van der Waals surface area contributed by atoms with Crippen LogP contribution < -0.4 is 10.2 Å². The molecule has 3 aromatic rings. The van der Waals surface area contributed by atoms with E-state index in [2.05, 4.69) is 10.2 Å². The van der Waals surface area contributed by atoms with Gasteiger partial charge in [-0.2, -0.15) is 0 Å². The molecule has 0 unspecified atom stereocenters. The molecular formula is C29H29ClN4O3. The molecule has 2 aliphatic heterocycles. The zero-order valence-corrected chi connectivity index (χ0v) is 21.4. The standard InChI is InChI=1S/C29H29ClN4O3/c1-21-8-5-6-13-25(21)27(36)32-16-14-29(15-17-32)28(37)33(20-34(29)24-11-3-2-4-12-24)19-26(35)31-23-10-7-9-22(30)18-23/h2-13,18H,14-17,19-20H2,1H3,(H,31,35). The number of nitrogens with zero attached hydrogens (tertiary/aromatic N) is 3. The number of likely N-dealkylation sites (tertiary alicyclic amines) is 1. The summed E-state index contributed by atoms with van der Waals surface area (Å²) in [4.78, 5) is 45.5. The van der Waals surface area contributed by atoms with E-state index < -0.39 is 5.54 Å². The monoisotopic (exact) mass is 516 g/mol. The molecule has 0 bridgehead atoms. The molecule has 190 valence electrons. The maximum Gasteiger partial charge on any atom is 0.254 e. The third kappa shape index (κ3) is 4.91. The van der Waals surface area contributed by atoms with Crippen LogP contribution in [-0.2, 0) is 9.59 Å². The van der Waals surface area contributed by atoms with Gasteiger partial charge >= 0.3 is 0 Å². The van der Waals surface area contributed by atoms with Crippen molar-refractivity contribution in [3.8, 4) is 0 Å². The molecule has 2 heterocycles. The van der Waals surface area contributed by atoms with Crippen molar-refractivity contribution in [2.75, 3.05) is 36.5 Å². The number of aryl methyl sites for hydroxylation is 1. The summed E-state index contributed by atoms with van der Waals surface area (Å²) in [5.74, 6) is -0.379. The minimum atomic E-state index is -0.805. The first-order valence-corrected chi connectivity index (χ1v) is 12.8. The Bertz CT molecular complexity index is 1320. The van der Waals surface area contributed by atoms with Crippen LogP contribution in [0.5, 0.6) is 0 Å². The molecule has 3 amide bonds. The highest BCUT2D eigenvalue weighted by molar-refractivity contribution is 6.30. The first-order valence-electron chi connectivity index (χ1n) is 12.4. The fraction of sp³-hybridized carbons (Fsp3) is 0.276. The molecule has 1 N–H and O–H groups in total. The minimum Gasteiger partial charge on any atom is -0.339 e. The number of carbonyl (C=O) groups excluding carboxylic acids is 3. The maximum atomic E-state index is 13.9. The van der Waals surface area contributed by atoms with E-state index in [-0.39, 0.29) is 24.3 Å². The number of nitrogens with one attached hydrogen (secondary N) is 1. The molecule has 37 heavy (non-hydrogen) atoms. The Morgan fingerprint density at radius 2 is 1.65 bits per heavy atom. The van der Waals surface area contributed by atoms with Gasteiger partial charge < -0.3 is 20.0 Å². The molecule has 7 nitrogen and oxygen atoms in total. The van der Waals surface area contributed by atoms with Crippen LogP contribution in [0.4, 0.5) is 11.4 Å². The Balaban J connectivity index is 1.35. The predicted octanol–water partition coefficient (Wildman–Crippen LogP) is 4.57. The van der Waals surface area contributed by atoms with E-state index in [0.29, 0.717) is 48.9 Å². The van der Waals surface area contributed by atoms with Gasteiger partial charge in [0, 0.05) is 35.1 Å². The third-order valence-electron chi connectivity index (χ3n) is 7.28. The first kappa shape index (κ1) is 24.8. The number of benzene rings is 3. The molecule has 0 radical (unpaired) electrons. The second-order valence-corrected chi connectivity index (χ2v) is 10.0. The van der Waals surface area contributed by atoms with Crippen molar-refractivity contribution < 1.29 is 14.4 Å². The molecule has 1 spiro atoms. The van der Waals surface area contributed by atoms with Crippen molar-refractivity contribution in [2.24, 2.45) is 0 Å². The van der Waals surface area contributed by atoms with Gasteiger partial charge in [-0.15, -0.1) is 0 Å². The Morgan fingerprint density at radius 1 is 0.946 bits per heavy atom. The summed E-state index contributed by atoms with van der Waals surface area (Å²) in [5, 5.41) is 3.36. The molecule has 0 saturated carbocycles. The first-order chi connectivity index (χ1) is 17.9. The number of halogens is 1. The fourth-order valence-corrected chi connectivity index (χ4v) is 5.52. The van der Waals surface area contributed by atoms with Gasteiger partial charge in [0.15, 0.2) is 0 Å². The van der Waals surface area contributed by atoms with Gasteiger partial charge in [-0.05, 0) is 61.7 Å². The third-order valence-corrected chi connectivity index (χ3v) is 7.51. The van der Waals surface area contributed by atoms with Crippen LogP contribution in [0.2, 0.25) is 5.02 Å². The molecule has 0 aliphatic carbocycles. The van der Waals surface area contributed by atoms with Gasteiger partial charge in [0.2, 0.25) is 5.91 Å². The van der Waals surface area contributed by atoms with E-state index in [1.54, 1.807) is 29.2 Å². The summed E-state index contributed by atoms with van der Waals surface area (Å²) in [5.41, 5.74) is 2.33. The molecule has 2 saturated heterocycles. The lowest BCUT2D eigenvalue weighted by Crippen LogP contribution is -2.57. The van der Waals surface area contributed by atoms with E-state index in [1.807, 2.05) is 66.4 Å². The van der Waals surface area contributed by atoms with Crippen molar-refractivity contribution in [1.82, 2.24) is 9.80 Å². The number of carbonyl (C=O) groups is 3. The summed E-state index contributed by atoms with van der Waals surface area (Å²) in [6.45, 7) is 3.10. The van der Waals surface area contributed by atoms with E-state index in [0.717, 1.165) is 11.3 Å². The SMILES string of the molecule is Cc1ccccc1C(=O)N1CCC2(CC1)C(=O)N(CC(=O)Nc1cccc(Cl)c1)CN2c1ccccc1. The Hall–Kier alpha value is -3.84. The van der Waals surface area contributed by atoms with Gasteiger partial charge in [-0.25, -0.2) is 0 Å². The van der Waals surface area contributed by atoms with Gasteiger partial charge in [0.1, 0.15) is 12.1 Å². The number of anilines is 2. The van der Waals surface area contributed by atoms with E-state index in [4.69, 9.17) is 11.6 Å². The molecule has 2 aliphatic rings. The maximum absolute atomic E-state index is 13.9. The number of para-hydroxylation sites is 1. The summed E-state index contributed by atoms with van der Waals surface area (Å²) < 4.78 is 0. The Morgan fingerprint density at radius 3 is 2.35 bits per heavy atom. The van der Waals surface area contributed by atoms with Crippen LogP contribution >= 0.6 is 11.6 Å². The summed E-state index contributed by atoms with van der Waals surface area (Å²) in [7, 11) is 0. The number of hydrogen-bond acceptors (Lipinski definition) is 4. The molecule has 3 aromatic carbocycles. The highest BCUT2D eigenvalue weighted by Crippen LogP contribution is 2.39. The average molecular weight is 517 g/mol. The van der Waals surface area contributed by atoms with Crippen molar-refractivity contribution in [3.05, 3.63) is 95.0 Å². The Labute approximate surface area is 221 Å². The molecule has 8 heteroatoms. The Kier molecular flexibility index (Phi) is 6.89. The normalized spacial score (nSPS) is 16.8. The van der Waals surface area contributed by atoms with Gasteiger partial charge in [-0.3, -0.25) is 14.4 Å². The van der Waals surface area contributed by atoms with Gasteiger partial charge in [0.05, 0.1) is 6.67 Å². The lowest BCUT2D eigenvalue weighted by Gasteiger charge is -2.43. The zero-order valence-electron chi connectivity index (χ0n) is 20.7. The fourth-order valence-electron chi connectivity index (χ4n) is 5.33. The predicted molar refractivity (Wildman–Crippen MR) is 145 cm³/mol. The van der Waals surface area contributed by atoms with Crippen LogP contribution in [0.25, 0.3) is 0 Å². The largest absolute Gasteiger partial charge is 0.339 e. The molecule has 0 aromatic heterocycles. The quantitative estimate of drug-likeness (QED) is 0.539. The summed E-state index contributed by atoms with van der Waals surface area (Å²) >= 11 is 6.04. The van der Waals surface area contributed by atoms with Crippen LogP contribution in [0.1, 0.15) is 28.8 Å². The van der Waals surface area contributed by atoms with Crippen LogP contribution in [-0.4, -0.2) is 59.4 Å². The van der Waals surface area contributed by atoms with Crippen molar-refractivity contribution in [3.63, 3.8) is 0 Å². The number of amides is 3. The number of hydrogen-bond donors (Lipinski definition) is 1. The average Bonchev–Trinajstić information content (AvgIpc) is 3.15. The zero-order chi connectivity index (χ0) is 26.0. The van der Waals surface area contributed by atoms with Gasteiger partial charge in [-0.1, -0.05) is 54.1 Å². The van der Waals surface area contributed by atoms with Gasteiger partial charge in [0.25, 0.3) is 11.8 Å². The second-order valence-electron chi connectivity index (χ2n) is 9.61. The lowest BCUT2D eigenvalue weighted by atomic mass is 9.85. The molecule has 0 atom stereocenters. The van der Waals surface area contributed by atoms with Crippen molar-refractivity contribution in [2.45, 2.75) is 25.3 Å². The van der Waals surface area contributed by atoms with Crippen LogP contribution in [0, 0.1) is 6.92 Å². The van der Waals surface area contributed by atoms with E-state index in [1.165, 1.54) is 0 Å². The highest BCUT2D eigenvalue weighted by Gasteiger charge is 2.54. The lowest BCUT2D eigenvalue weighted by molar-refractivity contribution is -0.136. The molecule has 2 fully saturated rings. The van der Waals surface area contributed by atoms with Crippen molar-refractivity contribution in [1.29, 1.82) is 0 Å². The van der Waals surface area contributed by atoms with E-state index in [9.17, 15) is 14.4 Å². The summed E-state index contributed by atoms with van der Waals surface area (Å²) in [6, 6.07) is 24.3. The second kappa shape index (κ2) is 10.3. The highest BCUT2D eigenvalue weighted by atomic mass is 35.5. The van der Waals surface area contributed by atoms with Crippen molar-refractivity contribution >= 4 is 40.7 Å². The molecule has 5 rings (SSSR count). The number of rotatable bonds is 5. The van der Waals surface area contributed by atoms with E-state index >= 15 is 0 Å². The summed E-state index contributed by atoms with van der Waals surface area (Å²) in [6.07, 6.45) is 0.982. The molecular weight excluding hydrogens is 488 g/mol. The minimum absolute atomic E-state index is 0.0117. The van der Waals surface area contributed by atoms with Crippen LogP contribution in [0.3, 0.4) is 0 Å².